The Bertz CT molecular complexity index is 467. The molecule has 3 nitrogen and oxygen atoms in total. The highest BCUT2D eigenvalue weighted by molar-refractivity contribution is 9.10. The average molecular weight is 268 g/mol. The number of anilines is 1. The number of benzene rings is 1. The molecule has 78 valence electrons. The van der Waals surface area contributed by atoms with Gasteiger partial charge in [-0.2, -0.15) is 0 Å². The monoisotopic (exact) mass is 267 g/mol. The van der Waals surface area contributed by atoms with Gasteiger partial charge in [0.25, 0.3) is 0 Å². The predicted molar refractivity (Wildman–Crippen MR) is 61.3 cm³/mol. The molecule has 0 saturated carbocycles. The fourth-order valence-corrected chi connectivity index (χ4v) is 1.82. The smallest absolute Gasteiger partial charge is 0.151 e. The lowest BCUT2D eigenvalue weighted by Gasteiger charge is -2.11. The van der Waals surface area contributed by atoms with Crippen molar-refractivity contribution in [3.63, 3.8) is 0 Å². The van der Waals surface area contributed by atoms with Gasteiger partial charge in [0.05, 0.1) is 10.7 Å². The summed E-state index contributed by atoms with van der Waals surface area (Å²) in [4.78, 5) is 0. The summed E-state index contributed by atoms with van der Waals surface area (Å²) in [7, 11) is 0. The summed E-state index contributed by atoms with van der Waals surface area (Å²) < 4.78 is 5.92. The van der Waals surface area contributed by atoms with Crippen LogP contribution in [0.25, 0.3) is 0 Å². The first-order valence-electron chi connectivity index (χ1n) is 4.45. The van der Waals surface area contributed by atoms with E-state index in [0.717, 1.165) is 4.47 Å². The first-order valence-corrected chi connectivity index (χ1v) is 5.25. The summed E-state index contributed by atoms with van der Waals surface area (Å²) in [5.74, 6) is 0.466. The molecule has 1 heterocycles. The average Bonchev–Trinajstić information content (AvgIpc) is 2.64. The summed E-state index contributed by atoms with van der Waals surface area (Å²) in [5, 5.41) is 10.0. The van der Waals surface area contributed by atoms with E-state index in [4.69, 9.17) is 10.2 Å². The zero-order valence-corrected chi connectivity index (χ0v) is 9.44. The minimum Gasteiger partial charge on any atom is -0.465 e. The van der Waals surface area contributed by atoms with E-state index < -0.39 is 6.10 Å². The fourth-order valence-electron chi connectivity index (χ4n) is 1.40. The number of para-hydroxylation sites is 1. The first-order chi connectivity index (χ1) is 7.20. The van der Waals surface area contributed by atoms with E-state index in [-0.39, 0.29) is 0 Å². The van der Waals surface area contributed by atoms with Crippen molar-refractivity contribution in [3.8, 4) is 0 Å². The van der Waals surface area contributed by atoms with Gasteiger partial charge >= 0.3 is 0 Å². The second kappa shape index (κ2) is 4.08. The van der Waals surface area contributed by atoms with Crippen LogP contribution in [0.15, 0.2) is 45.5 Å². The Hall–Kier alpha value is -1.26. The van der Waals surface area contributed by atoms with Crippen LogP contribution in [0.4, 0.5) is 5.69 Å². The van der Waals surface area contributed by atoms with E-state index in [9.17, 15) is 5.11 Å². The van der Waals surface area contributed by atoms with E-state index in [1.165, 1.54) is 6.26 Å². The standard InChI is InChI=1S/C11H10BrNO2/c12-8-5-6-15-11(8)10(14)7-3-1-2-4-9(7)13/h1-6,10,14H,13H2. The van der Waals surface area contributed by atoms with E-state index in [2.05, 4.69) is 15.9 Å². The van der Waals surface area contributed by atoms with Gasteiger partial charge in [0.2, 0.25) is 0 Å². The minimum atomic E-state index is -0.837. The van der Waals surface area contributed by atoms with Crippen LogP contribution in [0.3, 0.4) is 0 Å². The third-order valence-corrected chi connectivity index (χ3v) is 2.84. The number of nitrogens with two attached hydrogens (primary N) is 1. The molecule has 2 rings (SSSR count). The largest absolute Gasteiger partial charge is 0.465 e. The molecule has 2 aromatic rings. The summed E-state index contributed by atoms with van der Waals surface area (Å²) in [6.45, 7) is 0. The molecule has 0 bridgehead atoms. The number of rotatable bonds is 2. The Morgan fingerprint density at radius 3 is 2.60 bits per heavy atom. The molecule has 0 amide bonds. The Morgan fingerprint density at radius 2 is 2.00 bits per heavy atom. The molecule has 0 fully saturated rings. The highest BCUT2D eigenvalue weighted by Gasteiger charge is 2.18. The molecular formula is C11H10BrNO2. The van der Waals surface area contributed by atoms with E-state index in [1.807, 2.05) is 12.1 Å². The fraction of sp³-hybridized carbons (Fsp3) is 0.0909. The maximum atomic E-state index is 10.0. The van der Waals surface area contributed by atoms with Crippen molar-refractivity contribution in [2.45, 2.75) is 6.10 Å². The highest BCUT2D eigenvalue weighted by atomic mass is 79.9. The van der Waals surface area contributed by atoms with Gasteiger partial charge in [0.15, 0.2) is 5.76 Å². The number of furan rings is 1. The van der Waals surface area contributed by atoms with Gasteiger partial charge in [-0.1, -0.05) is 18.2 Å². The van der Waals surface area contributed by atoms with Crippen molar-refractivity contribution >= 4 is 21.6 Å². The molecule has 4 heteroatoms. The van der Waals surface area contributed by atoms with Crippen LogP contribution in [-0.4, -0.2) is 5.11 Å². The van der Waals surface area contributed by atoms with Gasteiger partial charge in [0.1, 0.15) is 6.10 Å². The maximum absolute atomic E-state index is 10.0. The van der Waals surface area contributed by atoms with Gasteiger partial charge in [0, 0.05) is 11.3 Å². The maximum Gasteiger partial charge on any atom is 0.151 e. The highest BCUT2D eigenvalue weighted by Crippen LogP contribution is 2.31. The molecule has 1 atom stereocenters. The molecule has 1 aromatic carbocycles. The van der Waals surface area contributed by atoms with Crippen LogP contribution in [0.5, 0.6) is 0 Å². The van der Waals surface area contributed by atoms with Crippen LogP contribution >= 0.6 is 15.9 Å². The molecule has 0 aliphatic heterocycles. The lowest BCUT2D eigenvalue weighted by atomic mass is 10.1. The quantitative estimate of drug-likeness (QED) is 0.823. The SMILES string of the molecule is Nc1ccccc1C(O)c1occc1Br. The topological polar surface area (TPSA) is 59.4 Å². The number of nitrogen functional groups attached to an aromatic ring is 1. The Labute approximate surface area is 95.6 Å². The van der Waals surface area contributed by atoms with E-state index in [0.29, 0.717) is 17.0 Å². The molecule has 0 radical (unpaired) electrons. The Kier molecular flexibility index (Phi) is 2.79. The van der Waals surface area contributed by atoms with Crippen molar-refractivity contribution in [1.82, 2.24) is 0 Å². The third-order valence-electron chi connectivity index (χ3n) is 2.18. The summed E-state index contributed by atoms with van der Waals surface area (Å²) in [6, 6.07) is 8.90. The van der Waals surface area contributed by atoms with E-state index in [1.54, 1.807) is 18.2 Å². The lowest BCUT2D eigenvalue weighted by molar-refractivity contribution is 0.189. The van der Waals surface area contributed by atoms with Crippen molar-refractivity contribution in [2.75, 3.05) is 5.73 Å². The number of hydrogen-bond acceptors (Lipinski definition) is 3. The van der Waals surface area contributed by atoms with Crippen LogP contribution in [0, 0.1) is 0 Å². The minimum absolute atomic E-state index is 0.466. The van der Waals surface area contributed by atoms with Crippen molar-refractivity contribution in [3.05, 3.63) is 52.4 Å². The molecule has 0 aliphatic rings. The van der Waals surface area contributed by atoms with Gasteiger partial charge in [-0.25, -0.2) is 0 Å². The Morgan fingerprint density at radius 1 is 1.27 bits per heavy atom. The Balaban J connectivity index is 2.41. The summed E-state index contributed by atoms with van der Waals surface area (Å²) in [5.41, 5.74) is 6.96. The van der Waals surface area contributed by atoms with Crippen LogP contribution in [0.1, 0.15) is 17.4 Å². The molecule has 1 aromatic heterocycles. The summed E-state index contributed by atoms with van der Waals surface area (Å²) in [6.07, 6.45) is 0.678. The number of hydrogen-bond donors (Lipinski definition) is 2. The second-order valence-electron chi connectivity index (χ2n) is 3.16. The molecule has 3 N–H and O–H groups in total. The van der Waals surface area contributed by atoms with Gasteiger partial charge in [-0.3, -0.25) is 0 Å². The third kappa shape index (κ3) is 1.91. The molecule has 15 heavy (non-hydrogen) atoms. The normalized spacial score (nSPS) is 12.7. The summed E-state index contributed by atoms with van der Waals surface area (Å²) >= 11 is 3.29. The number of aliphatic hydroxyl groups is 1. The van der Waals surface area contributed by atoms with Crippen LogP contribution in [0.2, 0.25) is 0 Å². The zero-order valence-electron chi connectivity index (χ0n) is 7.85. The van der Waals surface area contributed by atoms with Crippen molar-refractivity contribution in [1.29, 1.82) is 0 Å². The first kappa shape index (κ1) is 10.3. The van der Waals surface area contributed by atoms with Gasteiger partial charge in [-0.05, 0) is 28.1 Å². The molecule has 0 saturated heterocycles. The zero-order chi connectivity index (χ0) is 10.8. The van der Waals surface area contributed by atoms with Gasteiger partial charge in [-0.15, -0.1) is 0 Å². The van der Waals surface area contributed by atoms with Crippen molar-refractivity contribution < 1.29 is 9.52 Å². The molecule has 0 spiro atoms. The van der Waals surface area contributed by atoms with Gasteiger partial charge < -0.3 is 15.3 Å². The molecule has 0 aliphatic carbocycles. The van der Waals surface area contributed by atoms with Crippen LogP contribution in [-0.2, 0) is 0 Å². The molecular weight excluding hydrogens is 258 g/mol. The second-order valence-corrected chi connectivity index (χ2v) is 4.02. The van der Waals surface area contributed by atoms with Crippen molar-refractivity contribution in [2.24, 2.45) is 0 Å². The molecule has 1 unspecified atom stereocenters. The van der Waals surface area contributed by atoms with Crippen LogP contribution < -0.4 is 5.73 Å². The predicted octanol–water partition coefficient (Wildman–Crippen LogP) is 2.71. The van der Waals surface area contributed by atoms with E-state index >= 15 is 0 Å². The number of aliphatic hydroxyl groups excluding tert-OH is 1. The lowest BCUT2D eigenvalue weighted by Crippen LogP contribution is -2.02. The number of halogens is 1.